The highest BCUT2D eigenvalue weighted by Gasteiger charge is 2.11. The Balaban J connectivity index is 2.31. The van der Waals surface area contributed by atoms with Crippen molar-refractivity contribution in [2.75, 3.05) is 0 Å². The molecule has 82 valence electrons. The summed E-state index contributed by atoms with van der Waals surface area (Å²) >= 11 is 4.36. The van der Waals surface area contributed by atoms with E-state index in [4.69, 9.17) is 5.84 Å². The van der Waals surface area contributed by atoms with Gasteiger partial charge in [-0.2, -0.15) is 4.37 Å². The summed E-state index contributed by atoms with van der Waals surface area (Å²) in [7, 11) is 0. The number of nitrogens with zero attached hydrogens (tertiary/aromatic N) is 2. The van der Waals surface area contributed by atoms with Crippen LogP contribution in [0.5, 0.6) is 0 Å². The predicted molar refractivity (Wildman–Crippen MR) is 64.7 cm³/mol. The smallest absolute Gasteiger partial charge is 0.288 e. The largest absolute Gasteiger partial charge is 0.295 e. The molecular formula is C9H7BrN4OS. The zero-order valence-electron chi connectivity index (χ0n) is 7.98. The number of nitrogen functional groups attached to an aromatic ring is 1. The molecule has 5 nitrogen and oxygen atoms in total. The number of hydrogen-bond acceptors (Lipinski definition) is 5. The zero-order valence-corrected chi connectivity index (χ0v) is 10.4. The van der Waals surface area contributed by atoms with Gasteiger partial charge in [0.05, 0.1) is 0 Å². The van der Waals surface area contributed by atoms with Gasteiger partial charge in [0.1, 0.15) is 0 Å². The molecule has 1 aromatic carbocycles. The molecule has 0 aliphatic rings. The minimum atomic E-state index is -0.430. The lowest BCUT2D eigenvalue weighted by Crippen LogP contribution is -2.29. The molecule has 7 heteroatoms. The fourth-order valence-corrected chi connectivity index (χ4v) is 1.95. The van der Waals surface area contributed by atoms with E-state index in [1.807, 2.05) is 29.7 Å². The van der Waals surface area contributed by atoms with E-state index in [9.17, 15) is 4.79 Å². The Morgan fingerprint density at radius 2 is 2.06 bits per heavy atom. The van der Waals surface area contributed by atoms with Crippen LogP contribution in [0, 0.1) is 0 Å². The molecule has 1 aromatic heterocycles. The van der Waals surface area contributed by atoms with E-state index in [2.05, 4.69) is 25.3 Å². The van der Waals surface area contributed by atoms with E-state index in [1.165, 1.54) is 0 Å². The van der Waals surface area contributed by atoms with Gasteiger partial charge in [0.2, 0.25) is 5.01 Å². The van der Waals surface area contributed by atoms with Crippen LogP contribution >= 0.6 is 27.5 Å². The van der Waals surface area contributed by atoms with Gasteiger partial charge in [-0.25, -0.2) is 10.8 Å². The average molecular weight is 299 g/mol. The van der Waals surface area contributed by atoms with Crippen LogP contribution in [0.2, 0.25) is 0 Å². The van der Waals surface area contributed by atoms with E-state index in [1.54, 1.807) is 0 Å². The van der Waals surface area contributed by atoms with Crippen LogP contribution in [0.15, 0.2) is 28.7 Å². The van der Waals surface area contributed by atoms with E-state index < -0.39 is 5.91 Å². The molecule has 0 atom stereocenters. The third-order valence-electron chi connectivity index (χ3n) is 1.85. The molecule has 1 amide bonds. The number of amides is 1. The van der Waals surface area contributed by atoms with Gasteiger partial charge in [-0.1, -0.05) is 28.1 Å². The van der Waals surface area contributed by atoms with Gasteiger partial charge in [-0.05, 0) is 23.7 Å². The number of rotatable bonds is 2. The van der Waals surface area contributed by atoms with Crippen molar-refractivity contribution in [3.8, 4) is 11.4 Å². The lowest BCUT2D eigenvalue weighted by atomic mass is 10.2. The molecular weight excluding hydrogens is 292 g/mol. The number of hydrogen-bond donors (Lipinski definition) is 2. The van der Waals surface area contributed by atoms with Crippen molar-refractivity contribution < 1.29 is 4.79 Å². The highest BCUT2D eigenvalue weighted by Crippen LogP contribution is 2.20. The lowest BCUT2D eigenvalue weighted by molar-refractivity contribution is 0.0953. The number of benzene rings is 1. The summed E-state index contributed by atoms with van der Waals surface area (Å²) in [6.45, 7) is 0. The molecule has 0 aliphatic carbocycles. The van der Waals surface area contributed by atoms with Crippen molar-refractivity contribution in [1.29, 1.82) is 0 Å². The Morgan fingerprint density at radius 3 is 2.69 bits per heavy atom. The minimum absolute atomic E-state index is 0.250. The topological polar surface area (TPSA) is 80.9 Å². The van der Waals surface area contributed by atoms with Gasteiger partial charge in [0.15, 0.2) is 5.82 Å². The highest BCUT2D eigenvalue weighted by molar-refractivity contribution is 9.10. The number of halogens is 1. The minimum Gasteiger partial charge on any atom is -0.288 e. The quantitative estimate of drug-likeness (QED) is 0.501. The Hall–Kier alpha value is -1.31. The Bertz CT molecular complexity index is 510. The summed E-state index contributed by atoms with van der Waals surface area (Å²) in [5.74, 6) is 5.10. The third kappa shape index (κ3) is 2.26. The van der Waals surface area contributed by atoms with Crippen molar-refractivity contribution in [3.63, 3.8) is 0 Å². The monoisotopic (exact) mass is 298 g/mol. The fourth-order valence-electron chi connectivity index (χ4n) is 1.09. The molecule has 16 heavy (non-hydrogen) atoms. The van der Waals surface area contributed by atoms with Crippen LogP contribution < -0.4 is 11.3 Å². The first-order valence-corrected chi connectivity index (χ1v) is 5.88. The molecule has 0 saturated heterocycles. The fraction of sp³-hybridized carbons (Fsp3) is 0. The van der Waals surface area contributed by atoms with Crippen LogP contribution in [0.25, 0.3) is 11.4 Å². The van der Waals surface area contributed by atoms with Crippen LogP contribution in [-0.2, 0) is 0 Å². The maximum absolute atomic E-state index is 11.2. The predicted octanol–water partition coefficient (Wildman–Crippen LogP) is 1.57. The maximum Gasteiger partial charge on any atom is 0.295 e. The molecule has 0 fully saturated rings. The van der Waals surface area contributed by atoms with Crippen LogP contribution in [0.1, 0.15) is 9.80 Å². The Kier molecular flexibility index (Phi) is 3.28. The van der Waals surface area contributed by atoms with E-state index >= 15 is 0 Å². The second kappa shape index (κ2) is 4.69. The summed E-state index contributed by atoms with van der Waals surface area (Å²) in [4.78, 5) is 15.3. The van der Waals surface area contributed by atoms with Crippen LogP contribution in [0.4, 0.5) is 0 Å². The molecule has 0 radical (unpaired) electrons. The summed E-state index contributed by atoms with van der Waals surface area (Å²) < 4.78 is 5.06. The second-order valence-corrected chi connectivity index (χ2v) is 4.57. The summed E-state index contributed by atoms with van der Waals surface area (Å²) in [6, 6.07) is 7.52. The molecule has 2 aromatic rings. The van der Waals surface area contributed by atoms with Gasteiger partial charge in [0.25, 0.3) is 5.91 Å². The summed E-state index contributed by atoms with van der Waals surface area (Å²) in [5, 5.41) is 0.250. The molecule has 0 bridgehead atoms. The molecule has 3 N–H and O–H groups in total. The van der Waals surface area contributed by atoms with Gasteiger partial charge in [-0.15, -0.1) is 0 Å². The molecule has 2 rings (SSSR count). The van der Waals surface area contributed by atoms with E-state index in [0.29, 0.717) is 5.82 Å². The molecule has 0 spiro atoms. The molecule has 0 unspecified atom stereocenters. The van der Waals surface area contributed by atoms with Gasteiger partial charge in [0, 0.05) is 10.0 Å². The lowest BCUT2D eigenvalue weighted by Gasteiger charge is -1.94. The van der Waals surface area contributed by atoms with Crippen molar-refractivity contribution in [2.24, 2.45) is 5.84 Å². The Morgan fingerprint density at radius 1 is 1.38 bits per heavy atom. The number of nitrogens with two attached hydrogens (primary N) is 1. The first kappa shape index (κ1) is 11.2. The van der Waals surface area contributed by atoms with Gasteiger partial charge < -0.3 is 0 Å². The standard InChI is InChI=1S/C9H7BrN4OS/c10-6-3-1-5(2-4-6)7-12-9(16-14-7)8(15)13-11/h1-4H,11H2,(H,13,15). The van der Waals surface area contributed by atoms with Crippen molar-refractivity contribution >= 4 is 33.4 Å². The van der Waals surface area contributed by atoms with Crippen LogP contribution in [-0.4, -0.2) is 15.3 Å². The molecule has 0 saturated carbocycles. The molecule has 1 heterocycles. The van der Waals surface area contributed by atoms with Crippen molar-refractivity contribution in [2.45, 2.75) is 0 Å². The van der Waals surface area contributed by atoms with E-state index in [0.717, 1.165) is 21.6 Å². The number of aromatic nitrogens is 2. The third-order valence-corrected chi connectivity index (χ3v) is 3.10. The van der Waals surface area contributed by atoms with Gasteiger partial charge >= 0.3 is 0 Å². The number of carbonyl (C=O) groups excluding carboxylic acids is 1. The van der Waals surface area contributed by atoms with E-state index in [-0.39, 0.29) is 5.01 Å². The van der Waals surface area contributed by atoms with Crippen molar-refractivity contribution in [1.82, 2.24) is 14.8 Å². The summed E-state index contributed by atoms with van der Waals surface area (Å²) in [6.07, 6.45) is 0. The van der Waals surface area contributed by atoms with Gasteiger partial charge in [-0.3, -0.25) is 10.2 Å². The average Bonchev–Trinajstić information content (AvgIpc) is 2.78. The number of carbonyl (C=O) groups is 1. The molecule has 0 aliphatic heterocycles. The zero-order chi connectivity index (χ0) is 11.5. The highest BCUT2D eigenvalue weighted by atomic mass is 79.9. The Labute approximate surface area is 104 Å². The SMILES string of the molecule is NNC(=O)c1nc(-c2ccc(Br)cc2)ns1. The first-order chi connectivity index (χ1) is 7.70. The van der Waals surface area contributed by atoms with Crippen molar-refractivity contribution in [3.05, 3.63) is 33.7 Å². The maximum atomic E-state index is 11.2. The normalized spacial score (nSPS) is 10.1. The number of hydrazine groups is 1. The second-order valence-electron chi connectivity index (χ2n) is 2.90. The number of nitrogens with one attached hydrogen (secondary N) is 1. The summed E-state index contributed by atoms with van der Waals surface area (Å²) in [5.41, 5.74) is 2.87. The first-order valence-electron chi connectivity index (χ1n) is 4.31. The van der Waals surface area contributed by atoms with Crippen LogP contribution in [0.3, 0.4) is 0 Å².